The summed E-state index contributed by atoms with van der Waals surface area (Å²) in [7, 11) is -3.58. The van der Waals surface area contributed by atoms with Gasteiger partial charge in [-0.15, -0.1) is 0 Å². The molecule has 3 rings (SSSR count). The minimum Gasteiger partial charge on any atom is -0.340 e. The molecule has 1 aliphatic rings. The van der Waals surface area contributed by atoms with Crippen LogP contribution in [0.2, 0.25) is 0 Å². The first kappa shape index (κ1) is 18.1. The molecule has 1 fully saturated rings. The smallest absolute Gasteiger partial charge is 0.238 e. The number of rotatable bonds is 5. The van der Waals surface area contributed by atoms with Crippen LogP contribution in [0.15, 0.2) is 52.1 Å². The number of benzene rings is 1. The average molecular weight is 379 g/mol. The van der Waals surface area contributed by atoms with E-state index < -0.39 is 15.6 Å². The Morgan fingerprint density at radius 2 is 1.84 bits per heavy atom. The zero-order valence-corrected chi connectivity index (χ0v) is 15.6. The SMILES string of the molecule is O=C(CS(=O)(=O)c1ccccc1)N1CCCN(Cc2ccsc2)CC1. The fraction of sp³-hybridized carbons (Fsp3) is 0.389. The van der Waals surface area contributed by atoms with Crippen LogP contribution in [0.4, 0.5) is 0 Å². The van der Waals surface area contributed by atoms with Gasteiger partial charge in [0.2, 0.25) is 5.91 Å². The molecule has 0 atom stereocenters. The molecule has 134 valence electrons. The van der Waals surface area contributed by atoms with E-state index in [1.807, 2.05) is 0 Å². The molecule has 2 aromatic rings. The highest BCUT2D eigenvalue weighted by Crippen LogP contribution is 2.14. The van der Waals surface area contributed by atoms with Gasteiger partial charge in [-0.2, -0.15) is 11.3 Å². The molecular weight excluding hydrogens is 356 g/mol. The minimum atomic E-state index is -3.58. The highest BCUT2D eigenvalue weighted by molar-refractivity contribution is 7.92. The highest BCUT2D eigenvalue weighted by atomic mass is 32.2. The molecule has 1 saturated heterocycles. The van der Waals surface area contributed by atoms with E-state index in [9.17, 15) is 13.2 Å². The summed E-state index contributed by atoms with van der Waals surface area (Å²) in [6.07, 6.45) is 0.862. The molecule has 7 heteroatoms. The number of carbonyl (C=O) groups is 1. The monoisotopic (exact) mass is 378 g/mol. The molecule has 1 amide bonds. The van der Waals surface area contributed by atoms with Gasteiger partial charge in [-0.3, -0.25) is 9.69 Å². The molecule has 0 bridgehead atoms. The van der Waals surface area contributed by atoms with Gasteiger partial charge in [-0.1, -0.05) is 18.2 Å². The fourth-order valence-corrected chi connectivity index (χ4v) is 4.89. The Bertz CT molecular complexity index is 789. The van der Waals surface area contributed by atoms with Crippen molar-refractivity contribution in [1.82, 2.24) is 9.80 Å². The van der Waals surface area contributed by atoms with Crippen molar-refractivity contribution < 1.29 is 13.2 Å². The fourth-order valence-electron chi connectivity index (χ4n) is 2.98. The average Bonchev–Trinajstić information content (AvgIpc) is 2.99. The predicted octanol–water partition coefficient (Wildman–Crippen LogP) is 2.26. The largest absolute Gasteiger partial charge is 0.340 e. The lowest BCUT2D eigenvalue weighted by atomic mass is 10.3. The lowest BCUT2D eigenvalue weighted by Gasteiger charge is -2.21. The summed E-state index contributed by atoms with van der Waals surface area (Å²) in [6.45, 7) is 3.77. The summed E-state index contributed by atoms with van der Waals surface area (Å²) in [5.41, 5.74) is 1.29. The van der Waals surface area contributed by atoms with Gasteiger partial charge in [0.25, 0.3) is 0 Å². The molecule has 0 spiro atoms. The first-order valence-corrected chi connectivity index (χ1v) is 10.9. The maximum atomic E-state index is 12.5. The molecule has 0 aliphatic carbocycles. The van der Waals surface area contributed by atoms with Crippen LogP contribution in [0.3, 0.4) is 0 Å². The van der Waals surface area contributed by atoms with E-state index in [0.29, 0.717) is 13.1 Å². The number of thiophene rings is 1. The number of hydrogen-bond acceptors (Lipinski definition) is 5. The Hall–Kier alpha value is -1.70. The lowest BCUT2D eigenvalue weighted by molar-refractivity contribution is -0.128. The zero-order valence-electron chi connectivity index (χ0n) is 14.0. The molecular formula is C18H22N2O3S2. The van der Waals surface area contributed by atoms with Crippen molar-refractivity contribution in [2.24, 2.45) is 0 Å². The first-order valence-electron chi connectivity index (χ1n) is 8.33. The number of amides is 1. The predicted molar refractivity (Wildman–Crippen MR) is 99.3 cm³/mol. The first-order chi connectivity index (χ1) is 12.0. The summed E-state index contributed by atoms with van der Waals surface area (Å²) in [6, 6.07) is 10.3. The third-order valence-corrected chi connectivity index (χ3v) is 6.69. The Kier molecular flexibility index (Phi) is 5.88. The molecule has 0 saturated carbocycles. The highest BCUT2D eigenvalue weighted by Gasteiger charge is 2.25. The van der Waals surface area contributed by atoms with Crippen molar-refractivity contribution in [1.29, 1.82) is 0 Å². The van der Waals surface area contributed by atoms with E-state index in [4.69, 9.17) is 0 Å². The Morgan fingerprint density at radius 3 is 2.56 bits per heavy atom. The quantitative estimate of drug-likeness (QED) is 0.801. The summed E-state index contributed by atoms with van der Waals surface area (Å²) in [5, 5.41) is 4.21. The van der Waals surface area contributed by atoms with Gasteiger partial charge in [-0.25, -0.2) is 8.42 Å². The van der Waals surface area contributed by atoms with E-state index in [2.05, 4.69) is 21.7 Å². The van der Waals surface area contributed by atoms with Crippen LogP contribution in [-0.2, 0) is 21.2 Å². The van der Waals surface area contributed by atoms with Crippen molar-refractivity contribution in [3.63, 3.8) is 0 Å². The van der Waals surface area contributed by atoms with Crippen LogP contribution < -0.4 is 0 Å². The number of carbonyl (C=O) groups excluding carboxylic acids is 1. The second kappa shape index (κ2) is 8.12. The molecule has 25 heavy (non-hydrogen) atoms. The van der Waals surface area contributed by atoms with Crippen LogP contribution in [0.5, 0.6) is 0 Å². The van der Waals surface area contributed by atoms with E-state index in [1.54, 1.807) is 34.4 Å². The molecule has 0 radical (unpaired) electrons. The topological polar surface area (TPSA) is 57.7 Å². The van der Waals surface area contributed by atoms with Gasteiger partial charge in [-0.05, 0) is 40.9 Å². The molecule has 1 aromatic carbocycles. The Morgan fingerprint density at radius 1 is 1.04 bits per heavy atom. The van der Waals surface area contributed by atoms with Crippen molar-refractivity contribution in [3.05, 3.63) is 52.7 Å². The van der Waals surface area contributed by atoms with Gasteiger partial charge in [0.05, 0.1) is 4.90 Å². The standard InChI is InChI=1S/C18H22N2O3S2/c21-18(15-25(22,23)17-5-2-1-3-6-17)20-9-4-8-19(10-11-20)13-16-7-12-24-14-16/h1-3,5-7,12,14H,4,8-11,13,15H2. The summed E-state index contributed by atoms with van der Waals surface area (Å²) in [4.78, 5) is 16.7. The second-order valence-corrected chi connectivity index (χ2v) is 8.98. The van der Waals surface area contributed by atoms with Crippen molar-refractivity contribution in [2.45, 2.75) is 17.9 Å². The maximum Gasteiger partial charge on any atom is 0.238 e. The van der Waals surface area contributed by atoms with E-state index in [0.717, 1.165) is 26.1 Å². The van der Waals surface area contributed by atoms with Crippen LogP contribution in [0, 0.1) is 0 Å². The summed E-state index contributed by atoms with van der Waals surface area (Å²) >= 11 is 1.69. The van der Waals surface area contributed by atoms with Crippen LogP contribution in [0.25, 0.3) is 0 Å². The molecule has 5 nitrogen and oxygen atoms in total. The van der Waals surface area contributed by atoms with Crippen molar-refractivity contribution in [3.8, 4) is 0 Å². The minimum absolute atomic E-state index is 0.206. The van der Waals surface area contributed by atoms with Crippen molar-refractivity contribution in [2.75, 3.05) is 31.9 Å². The van der Waals surface area contributed by atoms with Crippen LogP contribution >= 0.6 is 11.3 Å². The summed E-state index contributed by atoms with van der Waals surface area (Å²) < 4.78 is 24.8. The Balaban J connectivity index is 1.58. The van der Waals surface area contributed by atoms with Gasteiger partial charge in [0.1, 0.15) is 5.75 Å². The zero-order chi connectivity index (χ0) is 17.7. The van der Waals surface area contributed by atoms with Crippen LogP contribution in [-0.4, -0.2) is 56.1 Å². The third-order valence-electron chi connectivity index (χ3n) is 4.34. The molecule has 0 unspecified atom stereocenters. The number of hydrogen-bond donors (Lipinski definition) is 0. The normalized spacial score (nSPS) is 16.6. The van der Waals surface area contributed by atoms with E-state index >= 15 is 0 Å². The van der Waals surface area contributed by atoms with E-state index in [1.165, 1.54) is 17.7 Å². The Labute approximate surface area is 152 Å². The molecule has 1 aromatic heterocycles. The molecule has 0 N–H and O–H groups in total. The second-order valence-electron chi connectivity index (χ2n) is 6.21. The van der Waals surface area contributed by atoms with Crippen LogP contribution in [0.1, 0.15) is 12.0 Å². The van der Waals surface area contributed by atoms with Gasteiger partial charge in [0, 0.05) is 32.7 Å². The number of nitrogens with zero attached hydrogens (tertiary/aromatic N) is 2. The molecule has 2 heterocycles. The summed E-state index contributed by atoms with van der Waals surface area (Å²) in [5.74, 6) is -0.761. The van der Waals surface area contributed by atoms with Gasteiger partial charge in [0.15, 0.2) is 9.84 Å². The van der Waals surface area contributed by atoms with Crippen molar-refractivity contribution >= 4 is 27.1 Å². The molecule has 1 aliphatic heterocycles. The number of sulfone groups is 1. The maximum absolute atomic E-state index is 12.5. The van der Waals surface area contributed by atoms with Gasteiger partial charge < -0.3 is 4.90 Å². The van der Waals surface area contributed by atoms with Gasteiger partial charge >= 0.3 is 0 Å². The third kappa shape index (κ3) is 4.90. The van der Waals surface area contributed by atoms with E-state index in [-0.39, 0.29) is 10.8 Å². The lowest BCUT2D eigenvalue weighted by Crippen LogP contribution is -2.38.